The van der Waals surface area contributed by atoms with E-state index in [-0.39, 0.29) is 11.2 Å². The first kappa shape index (κ1) is 17.7. The molecule has 4 rings (SSSR count). The highest BCUT2D eigenvalue weighted by Gasteiger charge is 2.26. The molecule has 0 saturated heterocycles. The third kappa shape index (κ3) is 3.73. The van der Waals surface area contributed by atoms with E-state index in [9.17, 15) is 4.79 Å². The average molecular weight is 379 g/mol. The Labute approximate surface area is 162 Å². The van der Waals surface area contributed by atoms with Crippen molar-refractivity contribution in [3.05, 3.63) is 65.2 Å². The molecule has 27 heavy (non-hydrogen) atoms. The van der Waals surface area contributed by atoms with E-state index in [2.05, 4.69) is 33.7 Å². The van der Waals surface area contributed by atoms with Crippen molar-refractivity contribution in [1.82, 2.24) is 25.1 Å². The Morgan fingerprint density at radius 1 is 1.11 bits per heavy atom. The fraction of sp³-hybridized carbons (Fsp3) is 0.300. The van der Waals surface area contributed by atoms with E-state index in [1.807, 2.05) is 49.1 Å². The van der Waals surface area contributed by atoms with E-state index < -0.39 is 0 Å². The molecule has 1 aliphatic heterocycles. The van der Waals surface area contributed by atoms with Crippen LogP contribution in [-0.4, -0.2) is 42.8 Å². The molecule has 2 heterocycles. The van der Waals surface area contributed by atoms with Crippen LogP contribution in [0.4, 0.5) is 0 Å². The summed E-state index contributed by atoms with van der Waals surface area (Å²) in [6, 6.07) is 16.3. The molecule has 1 amide bonds. The van der Waals surface area contributed by atoms with E-state index in [4.69, 9.17) is 0 Å². The van der Waals surface area contributed by atoms with Gasteiger partial charge in [0, 0.05) is 13.1 Å². The fourth-order valence-corrected chi connectivity index (χ4v) is 4.14. The maximum atomic E-state index is 13.0. The molecule has 6 nitrogen and oxygen atoms in total. The van der Waals surface area contributed by atoms with Crippen LogP contribution in [0.1, 0.15) is 23.6 Å². The predicted octanol–water partition coefficient (Wildman–Crippen LogP) is 3.04. The van der Waals surface area contributed by atoms with Crippen molar-refractivity contribution in [3.8, 4) is 5.69 Å². The van der Waals surface area contributed by atoms with Gasteiger partial charge in [0.15, 0.2) is 0 Å². The summed E-state index contributed by atoms with van der Waals surface area (Å²) < 4.78 is 1.68. The molecule has 138 valence electrons. The van der Waals surface area contributed by atoms with E-state index >= 15 is 0 Å². The molecule has 0 spiro atoms. The third-order valence-electron chi connectivity index (χ3n) is 4.79. The highest BCUT2D eigenvalue weighted by Crippen LogP contribution is 2.26. The lowest BCUT2D eigenvalue weighted by Crippen LogP contribution is -2.40. The molecule has 0 aliphatic carbocycles. The van der Waals surface area contributed by atoms with Crippen LogP contribution in [0.3, 0.4) is 0 Å². The van der Waals surface area contributed by atoms with Gasteiger partial charge in [-0.05, 0) is 54.0 Å². The first-order chi connectivity index (χ1) is 13.1. The van der Waals surface area contributed by atoms with Gasteiger partial charge >= 0.3 is 0 Å². The van der Waals surface area contributed by atoms with Gasteiger partial charge < -0.3 is 4.90 Å². The Kier molecular flexibility index (Phi) is 4.94. The SMILES string of the molecule is Cc1ccc(-n2nnnc2SC(C)C(=O)N2CCc3ccccc3C2)cc1. The van der Waals surface area contributed by atoms with Gasteiger partial charge in [0.25, 0.3) is 0 Å². The summed E-state index contributed by atoms with van der Waals surface area (Å²) >= 11 is 1.39. The molecule has 2 aromatic carbocycles. The summed E-state index contributed by atoms with van der Waals surface area (Å²) in [6.45, 7) is 5.38. The van der Waals surface area contributed by atoms with Crippen LogP contribution in [0.15, 0.2) is 53.7 Å². The van der Waals surface area contributed by atoms with Crippen molar-refractivity contribution in [1.29, 1.82) is 0 Å². The number of aromatic nitrogens is 4. The number of hydrogen-bond donors (Lipinski definition) is 0. The number of thioether (sulfide) groups is 1. The summed E-state index contributed by atoms with van der Waals surface area (Å²) in [7, 11) is 0. The van der Waals surface area contributed by atoms with Crippen molar-refractivity contribution in [2.75, 3.05) is 6.54 Å². The molecule has 0 saturated carbocycles. The molecular weight excluding hydrogens is 358 g/mol. The number of amides is 1. The Balaban J connectivity index is 1.47. The summed E-state index contributed by atoms with van der Waals surface area (Å²) in [4.78, 5) is 14.9. The number of hydrogen-bond acceptors (Lipinski definition) is 5. The predicted molar refractivity (Wildman–Crippen MR) is 105 cm³/mol. The highest BCUT2D eigenvalue weighted by molar-refractivity contribution is 8.00. The van der Waals surface area contributed by atoms with E-state index in [1.165, 1.54) is 28.5 Å². The molecular formula is C20H21N5OS. The summed E-state index contributed by atoms with van der Waals surface area (Å²) in [5, 5.41) is 12.3. The van der Waals surface area contributed by atoms with Crippen LogP contribution in [0.5, 0.6) is 0 Å². The number of carbonyl (C=O) groups is 1. The number of rotatable bonds is 4. The zero-order valence-electron chi connectivity index (χ0n) is 15.4. The molecule has 0 radical (unpaired) electrons. The lowest BCUT2D eigenvalue weighted by molar-refractivity contribution is -0.131. The van der Waals surface area contributed by atoms with Gasteiger partial charge in [-0.1, -0.05) is 53.7 Å². The van der Waals surface area contributed by atoms with Crippen LogP contribution in [-0.2, 0) is 17.8 Å². The highest BCUT2D eigenvalue weighted by atomic mass is 32.2. The molecule has 1 atom stereocenters. The number of benzene rings is 2. The molecule has 1 aromatic heterocycles. The number of carbonyl (C=O) groups excluding carboxylic acids is 1. The van der Waals surface area contributed by atoms with Gasteiger partial charge in [-0.25, -0.2) is 0 Å². The smallest absolute Gasteiger partial charge is 0.236 e. The zero-order valence-corrected chi connectivity index (χ0v) is 16.2. The third-order valence-corrected chi connectivity index (χ3v) is 5.81. The van der Waals surface area contributed by atoms with Crippen molar-refractivity contribution >= 4 is 17.7 Å². The maximum absolute atomic E-state index is 13.0. The van der Waals surface area contributed by atoms with Crippen LogP contribution in [0, 0.1) is 6.92 Å². The second-order valence-electron chi connectivity index (χ2n) is 6.75. The van der Waals surface area contributed by atoms with Gasteiger partial charge in [0.1, 0.15) is 0 Å². The largest absolute Gasteiger partial charge is 0.337 e. The maximum Gasteiger partial charge on any atom is 0.236 e. The standard InChI is InChI=1S/C20H21N5OS/c1-14-7-9-18(10-8-14)25-20(21-22-23-25)27-15(2)19(26)24-12-11-16-5-3-4-6-17(16)13-24/h3-10,15H,11-13H2,1-2H3. The Morgan fingerprint density at radius 3 is 2.63 bits per heavy atom. The lowest BCUT2D eigenvalue weighted by atomic mass is 10.00. The van der Waals surface area contributed by atoms with Crippen LogP contribution >= 0.6 is 11.8 Å². The minimum absolute atomic E-state index is 0.118. The molecule has 0 bridgehead atoms. The fourth-order valence-electron chi connectivity index (χ4n) is 3.25. The number of nitrogens with zero attached hydrogens (tertiary/aromatic N) is 5. The minimum Gasteiger partial charge on any atom is -0.337 e. The topological polar surface area (TPSA) is 63.9 Å². The number of tetrazole rings is 1. The Morgan fingerprint density at radius 2 is 1.85 bits per heavy atom. The van der Waals surface area contributed by atoms with E-state index in [0.717, 1.165) is 18.7 Å². The van der Waals surface area contributed by atoms with Crippen molar-refractivity contribution in [2.45, 2.75) is 37.2 Å². The minimum atomic E-state index is -0.259. The van der Waals surface area contributed by atoms with Crippen molar-refractivity contribution in [2.24, 2.45) is 0 Å². The first-order valence-corrected chi connectivity index (χ1v) is 9.87. The van der Waals surface area contributed by atoms with Gasteiger partial charge in [0.05, 0.1) is 10.9 Å². The molecule has 0 fully saturated rings. The zero-order chi connectivity index (χ0) is 18.8. The summed E-state index contributed by atoms with van der Waals surface area (Å²) in [5.41, 5.74) is 4.64. The summed E-state index contributed by atoms with van der Waals surface area (Å²) in [6.07, 6.45) is 0.903. The monoisotopic (exact) mass is 379 g/mol. The van der Waals surface area contributed by atoms with Gasteiger partial charge in [0.2, 0.25) is 11.1 Å². The summed E-state index contributed by atoms with van der Waals surface area (Å²) in [5.74, 6) is 0.118. The van der Waals surface area contributed by atoms with Crippen LogP contribution in [0.25, 0.3) is 5.69 Å². The second kappa shape index (κ2) is 7.52. The first-order valence-electron chi connectivity index (χ1n) is 8.99. The molecule has 0 N–H and O–H groups in total. The number of aryl methyl sites for hydroxylation is 1. The Bertz CT molecular complexity index is 953. The Hall–Kier alpha value is -2.67. The van der Waals surface area contributed by atoms with E-state index in [1.54, 1.807) is 4.68 Å². The van der Waals surface area contributed by atoms with Crippen LogP contribution < -0.4 is 0 Å². The second-order valence-corrected chi connectivity index (χ2v) is 8.06. The number of fused-ring (bicyclic) bond motifs is 1. The normalized spacial score (nSPS) is 14.7. The van der Waals surface area contributed by atoms with Crippen LogP contribution in [0.2, 0.25) is 0 Å². The van der Waals surface area contributed by atoms with Crippen molar-refractivity contribution < 1.29 is 4.79 Å². The molecule has 7 heteroatoms. The lowest BCUT2D eigenvalue weighted by Gasteiger charge is -2.30. The molecule has 1 unspecified atom stereocenters. The molecule has 1 aliphatic rings. The quantitative estimate of drug-likeness (QED) is 0.652. The van der Waals surface area contributed by atoms with Gasteiger partial charge in [-0.15, -0.1) is 5.10 Å². The molecule has 3 aromatic rings. The van der Waals surface area contributed by atoms with Crippen molar-refractivity contribution in [3.63, 3.8) is 0 Å². The van der Waals surface area contributed by atoms with Gasteiger partial charge in [-0.3, -0.25) is 4.79 Å². The van der Waals surface area contributed by atoms with E-state index in [0.29, 0.717) is 11.7 Å². The average Bonchev–Trinajstić information content (AvgIpc) is 3.15. The van der Waals surface area contributed by atoms with Gasteiger partial charge in [-0.2, -0.15) is 4.68 Å².